The van der Waals surface area contributed by atoms with Gasteiger partial charge >= 0.3 is 5.97 Å². The van der Waals surface area contributed by atoms with Crippen molar-refractivity contribution in [3.8, 4) is 11.5 Å². The van der Waals surface area contributed by atoms with Crippen LogP contribution in [0.25, 0.3) is 0 Å². The zero-order valence-corrected chi connectivity index (χ0v) is 16.3. The van der Waals surface area contributed by atoms with Crippen LogP contribution in [0.5, 0.6) is 11.5 Å². The van der Waals surface area contributed by atoms with E-state index in [-0.39, 0.29) is 19.4 Å². The first-order valence-electron chi connectivity index (χ1n) is 8.80. The Bertz CT molecular complexity index is 933. The maximum Gasteiger partial charge on any atom is 0.325 e. The first kappa shape index (κ1) is 20.5. The lowest BCUT2D eigenvalue weighted by Gasteiger charge is -2.14. The second-order valence-electron chi connectivity index (χ2n) is 6.26. The molecule has 0 bridgehead atoms. The molecule has 0 aliphatic carbocycles. The van der Waals surface area contributed by atoms with Crippen LogP contribution in [0.2, 0.25) is 5.02 Å². The Morgan fingerprint density at radius 2 is 1.93 bits per heavy atom. The van der Waals surface area contributed by atoms with Gasteiger partial charge in [-0.1, -0.05) is 23.7 Å². The lowest BCUT2D eigenvalue weighted by Crippen LogP contribution is -2.34. The van der Waals surface area contributed by atoms with Gasteiger partial charge in [0.15, 0.2) is 18.1 Å². The molecular formula is C20H19ClN2O6. The Balaban J connectivity index is 1.40. The summed E-state index contributed by atoms with van der Waals surface area (Å²) in [5.41, 5.74) is 1.14. The second kappa shape index (κ2) is 9.29. The number of hydrogen-bond acceptors (Lipinski definition) is 6. The van der Waals surface area contributed by atoms with E-state index in [1.807, 2.05) is 6.07 Å². The van der Waals surface area contributed by atoms with E-state index in [0.717, 1.165) is 5.56 Å². The van der Waals surface area contributed by atoms with Crippen LogP contribution in [-0.4, -0.2) is 37.7 Å². The van der Waals surface area contributed by atoms with Gasteiger partial charge < -0.3 is 24.8 Å². The number of benzene rings is 2. The summed E-state index contributed by atoms with van der Waals surface area (Å²) < 4.78 is 15.3. The first-order chi connectivity index (χ1) is 13.9. The molecule has 1 aliphatic rings. The normalized spacial score (nSPS) is 12.8. The van der Waals surface area contributed by atoms with Gasteiger partial charge in [0.25, 0.3) is 11.8 Å². The molecule has 9 heteroatoms. The Labute approximate surface area is 172 Å². The Morgan fingerprint density at radius 3 is 2.72 bits per heavy atom. The fourth-order valence-corrected chi connectivity index (χ4v) is 2.83. The summed E-state index contributed by atoms with van der Waals surface area (Å²) in [5.74, 6) is -0.651. The summed E-state index contributed by atoms with van der Waals surface area (Å²) in [4.78, 5) is 35.9. The highest BCUT2D eigenvalue weighted by molar-refractivity contribution is 6.30. The van der Waals surface area contributed by atoms with Crippen molar-refractivity contribution in [3.05, 3.63) is 58.6 Å². The van der Waals surface area contributed by atoms with E-state index in [1.54, 1.807) is 37.3 Å². The third-order valence-corrected chi connectivity index (χ3v) is 4.35. The average Bonchev–Trinajstić information content (AvgIpc) is 3.18. The summed E-state index contributed by atoms with van der Waals surface area (Å²) in [5, 5.41) is 5.70. The molecule has 0 saturated carbocycles. The van der Waals surface area contributed by atoms with E-state index >= 15 is 0 Å². The van der Waals surface area contributed by atoms with Crippen LogP contribution < -0.4 is 20.1 Å². The quantitative estimate of drug-likeness (QED) is 0.668. The number of fused-ring (bicyclic) bond motifs is 1. The molecule has 0 fully saturated rings. The van der Waals surface area contributed by atoms with Crippen molar-refractivity contribution in [2.45, 2.75) is 13.0 Å². The summed E-state index contributed by atoms with van der Waals surface area (Å²) in [6.07, 6.45) is 0. The number of amides is 2. The number of esters is 1. The van der Waals surface area contributed by atoms with Gasteiger partial charge in [-0.05, 0) is 42.8 Å². The molecule has 1 atom stereocenters. The van der Waals surface area contributed by atoms with Gasteiger partial charge in [-0.2, -0.15) is 0 Å². The van der Waals surface area contributed by atoms with Crippen LogP contribution in [0.15, 0.2) is 42.5 Å². The maximum atomic E-state index is 12.1. The van der Waals surface area contributed by atoms with Crippen molar-refractivity contribution < 1.29 is 28.6 Å². The zero-order chi connectivity index (χ0) is 20.8. The van der Waals surface area contributed by atoms with Crippen molar-refractivity contribution in [1.82, 2.24) is 10.6 Å². The monoisotopic (exact) mass is 418 g/mol. The third kappa shape index (κ3) is 5.61. The van der Waals surface area contributed by atoms with Crippen LogP contribution in [0, 0.1) is 0 Å². The van der Waals surface area contributed by atoms with Gasteiger partial charge in [-0.15, -0.1) is 0 Å². The predicted octanol–water partition coefficient (Wildman–Crippen LogP) is 2.22. The predicted molar refractivity (Wildman–Crippen MR) is 104 cm³/mol. The summed E-state index contributed by atoms with van der Waals surface area (Å²) in [6.45, 7) is 1.07. The van der Waals surface area contributed by atoms with Crippen LogP contribution in [0.4, 0.5) is 0 Å². The minimum absolute atomic E-state index is 0.102. The van der Waals surface area contributed by atoms with Crippen molar-refractivity contribution in [1.29, 1.82) is 0 Å². The Hall–Kier alpha value is -3.26. The fraction of sp³-hybridized carbons (Fsp3) is 0.250. The molecule has 0 spiro atoms. The first-order valence-corrected chi connectivity index (χ1v) is 9.18. The Morgan fingerprint density at radius 1 is 1.14 bits per heavy atom. The van der Waals surface area contributed by atoms with Gasteiger partial charge in [0.2, 0.25) is 6.79 Å². The second-order valence-corrected chi connectivity index (χ2v) is 6.69. The zero-order valence-electron chi connectivity index (χ0n) is 15.6. The molecule has 152 valence electrons. The third-order valence-electron chi connectivity index (χ3n) is 4.12. The molecule has 1 aliphatic heterocycles. The van der Waals surface area contributed by atoms with E-state index in [4.69, 9.17) is 25.8 Å². The van der Waals surface area contributed by atoms with Crippen molar-refractivity contribution in [3.63, 3.8) is 0 Å². The largest absolute Gasteiger partial charge is 0.454 e. The van der Waals surface area contributed by atoms with Gasteiger partial charge in [-0.25, -0.2) is 0 Å². The highest BCUT2D eigenvalue weighted by Crippen LogP contribution is 2.32. The van der Waals surface area contributed by atoms with Crippen molar-refractivity contribution in [2.75, 3.05) is 19.9 Å². The summed E-state index contributed by atoms with van der Waals surface area (Å²) >= 11 is 5.93. The van der Waals surface area contributed by atoms with Gasteiger partial charge in [0.1, 0.15) is 6.54 Å². The molecule has 3 rings (SSSR count). The molecule has 2 amide bonds. The van der Waals surface area contributed by atoms with Gasteiger partial charge in [0.05, 0.1) is 6.04 Å². The minimum Gasteiger partial charge on any atom is -0.454 e. The SMILES string of the molecule is C[C@H](NC(=O)COC(=O)CNC(=O)c1ccc2c(c1)OCO2)c1cccc(Cl)c1. The molecule has 2 N–H and O–H groups in total. The topological polar surface area (TPSA) is 103 Å². The number of halogens is 1. The smallest absolute Gasteiger partial charge is 0.325 e. The standard InChI is InChI=1S/C20H19ClN2O6/c1-12(13-3-2-4-15(21)7-13)23-18(24)10-27-19(25)9-22-20(26)14-5-6-16-17(8-14)29-11-28-16/h2-8,12H,9-11H2,1H3,(H,22,26)(H,23,24)/t12-/m0/s1. The molecule has 29 heavy (non-hydrogen) atoms. The minimum atomic E-state index is -0.732. The van der Waals surface area contributed by atoms with Crippen LogP contribution in [-0.2, 0) is 14.3 Å². The lowest BCUT2D eigenvalue weighted by atomic mass is 10.1. The molecule has 0 unspecified atom stereocenters. The molecular weight excluding hydrogens is 400 g/mol. The highest BCUT2D eigenvalue weighted by Gasteiger charge is 2.17. The van der Waals surface area contributed by atoms with Crippen LogP contribution >= 0.6 is 11.6 Å². The van der Waals surface area contributed by atoms with Gasteiger partial charge in [-0.3, -0.25) is 14.4 Å². The van der Waals surface area contributed by atoms with Crippen molar-refractivity contribution >= 4 is 29.4 Å². The number of ether oxygens (including phenoxy) is 3. The molecule has 0 radical (unpaired) electrons. The van der Waals surface area contributed by atoms with Crippen molar-refractivity contribution in [2.24, 2.45) is 0 Å². The molecule has 2 aromatic carbocycles. The van der Waals surface area contributed by atoms with E-state index < -0.39 is 24.4 Å². The molecule has 2 aromatic rings. The molecule has 0 saturated heterocycles. The summed E-state index contributed by atoms with van der Waals surface area (Å²) in [7, 11) is 0. The van der Waals surface area contributed by atoms with Gasteiger partial charge in [0, 0.05) is 10.6 Å². The fourth-order valence-electron chi connectivity index (χ4n) is 2.63. The lowest BCUT2D eigenvalue weighted by molar-refractivity contribution is -0.147. The summed E-state index contributed by atoms with van der Waals surface area (Å²) in [6, 6.07) is 11.5. The number of carbonyl (C=O) groups is 3. The highest BCUT2D eigenvalue weighted by atomic mass is 35.5. The number of rotatable bonds is 7. The van der Waals surface area contributed by atoms with E-state index in [0.29, 0.717) is 22.1 Å². The Kier molecular flexibility index (Phi) is 6.56. The van der Waals surface area contributed by atoms with E-state index in [2.05, 4.69) is 10.6 Å². The van der Waals surface area contributed by atoms with E-state index in [1.165, 1.54) is 6.07 Å². The molecule has 8 nitrogen and oxygen atoms in total. The number of hydrogen-bond donors (Lipinski definition) is 2. The number of nitrogens with one attached hydrogen (secondary N) is 2. The number of carbonyl (C=O) groups excluding carboxylic acids is 3. The average molecular weight is 419 g/mol. The van der Waals surface area contributed by atoms with E-state index in [9.17, 15) is 14.4 Å². The van der Waals surface area contributed by atoms with Crippen LogP contribution in [0.1, 0.15) is 28.9 Å². The van der Waals surface area contributed by atoms with Crippen LogP contribution in [0.3, 0.4) is 0 Å². The molecule has 1 heterocycles. The maximum absolute atomic E-state index is 12.1. The molecule has 0 aromatic heterocycles.